The summed E-state index contributed by atoms with van der Waals surface area (Å²) >= 11 is 0. The van der Waals surface area contributed by atoms with Crippen LogP contribution in [0.3, 0.4) is 0 Å². The molecule has 0 radical (unpaired) electrons. The van der Waals surface area contributed by atoms with E-state index >= 15 is 0 Å². The molecule has 2 rings (SSSR count). The third-order valence-corrected chi connectivity index (χ3v) is 3.64. The number of amides is 1. The molecule has 1 amide bonds. The summed E-state index contributed by atoms with van der Waals surface area (Å²) in [5.74, 6) is -0.737. The number of nitrogens with zero attached hydrogens (tertiary/aromatic N) is 3. The van der Waals surface area contributed by atoms with E-state index in [1.165, 1.54) is 0 Å². The average molecular weight is 257 g/mol. The van der Waals surface area contributed by atoms with Gasteiger partial charge < -0.3 is 9.80 Å². The highest BCUT2D eigenvalue weighted by Gasteiger charge is 2.27. The Balaban J connectivity index is 2.05. The number of carbonyl (C=O) groups excluding carboxylic acids is 1. The molecule has 0 bridgehead atoms. The molecule has 1 aliphatic heterocycles. The van der Waals surface area contributed by atoms with Gasteiger partial charge in [-0.15, -0.1) is 0 Å². The third kappa shape index (κ3) is 3.12. The number of likely N-dealkylation sites (N-methyl/N-ethyl adjacent to an activating group) is 1. The van der Waals surface area contributed by atoms with Crippen LogP contribution in [0.25, 0.3) is 0 Å². The molecule has 0 N–H and O–H groups in total. The summed E-state index contributed by atoms with van der Waals surface area (Å²) in [5, 5.41) is 9.27. The van der Waals surface area contributed by atoms with E-state index in [2.05, 4.69) is 17.9 Å². The van der Waals surface area contributed by atoms with Gasteiger partial charge in [0, 0.05) is 26.2 Å². The van der Waals surface area contributed by atoms with Crippen LogP contribution in [0.15, 0.2) is 30.3 Å². The first-order valence-corrected chi connectivity index (χ1v) is 6.72. The Morgan fingerprint density at radius 2 is 1.89 bits per heavy atom. The first-order chi connectivity index (χ1) is 9.26. The van der Waals surface area contributed by atoms with Crippen molar-refractivity contribution in [2.24, 2.45) is 0 Å². The molecular weight excluding hydrogens is 238 g/mol. The van der Waals surface area contributed by atoms with Crippen LogP contribution in [0.2, 0.25) is 0 Å². The van der Waals surface area contributed by atoms with Crippen molar-refractivity contribution in [1.82, 2.24) is 9.80 Å². The van der Waals surface area contributed by atoms with Gasteiger partial charge in [-0.3, -0.25) is 4.79 Å². The molecule has 4 heteroatoms. The first-order valence-electron chi connectivity index (χ1n) is 6.72. The maximum Gasteiger partial charge on any atom is 0.244 e. The van der Waals surface area contributed by atoms with Gasteiger partial charge in [-0.1, -0.05) is 37.3 Å². The monoisotopic (exact) mass is 257 g/mol. The SMILES string of the molecule is CCN1CCN(C(=O)C(C#N)c2ccccc2)CC1. The second kappa shape index (κ2) is 6.35. The smallest absolute Gasteiger partial charge is 0.244 e. The molecule has 1 aromatic rings. The highest BCUT2D eigenvalue weighted by molar-refractivity contribution is 5.86. The zero-order chi connectivity index (χ0) is 13.7. The van der Waals surface area contributed by atoms with E-state index in [0.717, 1.165) is 38.3 Å². The van der Waals surface area contributed by atoms with E-state index < -0.39 is 5.92 Å². The molecule has 19 heavy (non-hydrogen) atoms. The molecule has 1 fully saturated rings. The summed E-state index contributed by atoms with van der Waals surface area (Å²) in [7, 11) is 0. The quantitative estimate of drug-likeness (QED) is 0.823. The topological polar surface area (TPSA) is 47.3 Å². The van der Waals surface area contributed by atoms with Gasteiger partial charge in [0.1, 0.15) is 5.92 Å². The van der Waals surface area contributed by atoms with Crippen LogP contribution in [-0.2, 0) is 4.79 Å². The fourth-order valence-corrected chi connectivity index (χ4v) is 2.38. The molecule has 1 unspecified atom stereocenters. The van der Waals surface area contributed by atoms with Gasteiger partial charge in [-0.05, 0) is 12.1 Å². The van der Waals surface area contributed by atoms with E-state index in [-0.39, 0.29) is 5.91 Å². The largest absolute Gasteiger partial charge is 0.339 e. The average Bonchev–Trinajstić information content (AvgIpc) is 2.49. The first kappa shape index (κ1) is 13.6. The fourth-order valence-electron chi connectivity index (χ4n) is 2.38. The summed E-state index contributed by atoms with van der Waals surface area (Å²) in [4.78, 5) is 16.5. The normalized spacial score (nSPS) is 17.8. The molecule has 0 aliphatic carbocycles. The van der Waals surface area contributed by atoms with E-state index in [0.29, 0.717) is 0 Å². The van der Waals surface area contributed by atoms with Gasteiger partial charge in [-0.25, -0.2) is 0 Å². The third-order valence-electron chi connectivity index (χ3n) is 3.64. The predicted molar refractivity (Wildman–Crippen MR) is 73.5 cm³/mol. The maximum atomic E-state index is 12.4. The van der Waals surface area contributed by atoms with Crippen LogP contribution >= 0.6 is 0 Å². The summed E-state index contributed by atoms with van der Waals surface area (Å²) in [6.45, 7) is 6.38. The van der Waals surface area contributed by atoms with Gasteiger partial charge in [0.15, 0.2) is 0 Å². The predicted octanol–water partition coefficient (Wildman–Crippen LogP) is 1.46. The second-order valence-electron chi connectivity index (χ2n) is 4.73. The lowest BCUT2D eigenvalue weighted by Gasteiger charge is -2.35. The summed E-state index contributed by atoms with van der Waals surface area (Å²) in [5.41, 5.74) is 0.785. The zero-order valence-electron chi connectivity index (χ0n) is 11.2. The van der Waals surface area contributed by atoms with Gasteiger partial charge in [-0.2, -0.15) is 5.26 Å². The summed E-state index contributed by atoms with van der Waals surface area (Å²) < 4.78 is 0. The molecule has 0 saturated carbocycles. The maximum absolute atomic E-state index is 12.4. The Bertz CT molecular complexity index is 458. The molecule has 0 aromatic heterocycles. The van der Waals surface area contributed by atoms with Crippen molar-refractivity contribution >= 4 is 5.91 Å². The van der Waals surface area contributed by atoms with Crippen molar-refractivity contribution in [1.29, 1.82) is 5.26 Å². The number of hydrogen-bond acceptors (Lipinski definition) is 3. The molecule has 0 spiro atoms. The van der Waals surface area contributed by atoms with Crippen molar-refractivity contribution in [2.45, 2.75) is 12.8 Å². The van der Waals surface area contributed by atoms with Crippen molar-refractivity contribution in [3.63, 3.8) is 0 Å². The van der Waals surface area contributed by atoms with Crippen LogP contribution in [0, 0.1) is 11.3 Å². The molecule has 4 nitrogen and oxygen atoms in total. The highest BCUT2D eigenvalue weighted by atomic mass is 16.2. The number of nitriles is 1. The summed E-state index contributed by atoms with van der Waals surface area (Å²) in [6.07, 6.45) is 0. The molecule has 1 atom stereocenters. The molecule has 1 saturated heterocycles. The number of piperazine rings is 1. The van der Waals surface area contributed by atoms with Crippen molar-refractivity contribution in [3.8, 4) is 6.07 Å². The van der Waals surface area contributed by atoms with Gasteiger partial charge in [0.25, 0.3) is 0 Å². The van der Waals surface area contributed by atoms with Crippen molar-refractivity contribution in [3.05, 3.63) is 35.9 Å². The molecule has 1 heterocycles. The van der Waals surface area contributed by atoms with Crippen LogP contribution in [-0.4, -0.2) is 48.4 Å². The lowest BCUT2D eigenvalue weighted by atomic mass is 9.99. The second-order valence-corrected chi connectivity index (χ2v) is 4.73. The van der Waals surface area contributed by atoms with Crippen LogP contribution in [0.4, 0.5) is 0 Å². The van der Waals surface area contributed by atoms with Crippen LogP contribution < -0.4 is 0 Å². The Kier molecular flexibility index (Phi) is 4.53. The number of rotatable bonds is 3. The molecule has 100 valence electrons. The molecular formula is C15H19N3O. The minimum absolute atomic E-state index is 0.0653. The lowest BCUT2D eigenvalue weighted by molar-refractivity contribution is -0.133. The van der Waals surface area contributed by atoms with E-state index in [1.54, 1.807) is 0 Å². The fraction of sp³-hybridized carbons (Fsp3) is 0.467. The van der Waals surface area contributed by atoms with Gasteiger partial charge in [0.2, 0.25) is 5.91 Å². The molecule has 1 aromatic carbocycles. The number of hydrogen-bond donors (Lipinski definition) is 0. The Labute approximate surface area is 114 Å². The van der Waals surface area contributed by atoms with E-state index in [9.17, 15) is 10.1 Å². The number of carbonyl (C=O) groups is 1. The summed E-state index contributed by atoms with van der Waals surface area (Å²) in [6, 6.07) is 11.4. The Hall–Kier alpha value is -1.86. The van der Waals surface area contributed by atoms with Crippen LogP contribution in [0.5, 0.6) is 0 Å². The van der Waals surface area contributed by atoms with Gasteiger partial charge >= 0.3 is 0 Å². The standard InChI is InChI=1S/C15H19N3O/c1-2-17-8-10-18(11-9-17)15(19)14(12-16)13-6-4-3-5-7-13/h3-7,14H,2,8-11H2,1H3. The minimum atomic E-state index is -0.672. The lowest BCUT2D eigenvalue weighted by Crippen LogP contribution is -2.49. The van der Waals surface area contributed by atoms with Crippen molar-refractivity contribution in [2.75, 3.05) is 32.7 Å². The Morgan fingerprint density at radius 3 is 2.42 bits per heavy atom. The highest BCUT2D eigenvalue weighted by Crippen LogP contribution is 2.18. The zero-order valence-corrected chi connectivity index (χ0v) is 11.2. The van der Waals surface area contributed by atoms with E-state index in [1.807, 2.05) is 35.2 Å². The van der Waals surface area contributed by atoms with Crippen LogP contribution in [0.1, 0.15) is 18.4 Å². The van der Waals surface area contributed by atoms with Crippen molar-refractivity contribution < 1.29 is 4.79 Å². The molecule has 1 aliphatic rings. The Morgan fingerprint density at radius 1 is 1.26 bits per heavy atom. The number of benzene rings is 1. The van der Waals surface area contributed by atoms with E-state index in [4.69, 9.17) is 0 Å². The van der Waals surface area contributed by atoms with Gasteiger partial charge in [0.05, 0.1) is 6.07 Å². The minimum Gasteiger partial charge on any atom is -0.339 e.